The molecule has 0 radical (unpaired) electrons. The molecular formula is C27H25ClF2N6O2. The van der Waals surface area contributed by atoms with Crippen LogP contribution in [0, 0.1) is 11.6 Å². The highest BCUT2D eigenvalue weighted by molar-refractivity contribution is 6.06. The number of amides is 2. The predicted molar refractivity (Wildman–Crippen MR) is 142 cm³/mol. The van der Waals surface area contributed by atoms with E-state index in [9.17, 15) is 18.4 Å². The van der Waals surface area contributed by atoms with E-state index in [0.717, 1.165) is 23.3 Å². The molecule has 11 heteroatoms. The maximum Gasteiger partial charge on any atom is 0.273 e. The Morgan fingerprint density at radius 3 is 2.34 bits per heavy atom. The summed E-state index contributed by atoms with van der Waals surface area (Å²) >= 11 is 0. The van der Waals surface area contributed by atoms with Crippen LogP contribution in [0.1, 0.15) is 33.6 Å². The van der Waals surface area contributed by atoms with Crippen LogP contribution < -0.4 is 16.8 Å². The van der Waals surface area contributed by atoms with Crippen molar-refractivity contribution in [1.82, 2.24) is 20.2 Å². The minimum atomic E-state index is -1.04. The molecule has 1 aliphatic rings. The molecule has 0 fully saturated rings. The van der Waals surface area contributed by atoms with Crippen molar-refractivity contribution >= 4 is 41.1 Å². The van der Waals surface area contributed by atoms with Crippen molar-refractivity contribution in [3.63, 3.8) is 0 Å². The number of halogens is 3. The molecule has 2 amide bonds. The van der Waals surface area contributed by atoms with Crippen molar-refractivity contribution < 1.29 is 18.4 Å². The van der Waals surface area contributed by atoms with Crippen LogP contribution in [0.3, 0.4) is 0 Å². The number of hydrogen-bond acceptors (Lipinski definition) is 6. The maximum atomic E-state index is 14.3. The molecule has 1 aromatic heterocycles. The number of nitrogens with one attached hydrogen (secondary N) is 1. The topological polar surface area (TPSA) is 127 Å². The van der Waals surface area contributed by atoms with Gasteiger partial charge in [-0.1, -0.05) is 30.3 Å². The van der Waals surface area contributed by atoms with E-state index >= 15 is 0 Å². The monoisotopic (exact) mass is 538 g/mol. The number of carbonyl (C=O) groups is 2. The fourth-order valence-corrected chi connectivity index (χ4v) is 4.52. The van der Waals surface area contributed by atoms with E-state index in [2.05, 4.69) is 15.3 Å². The molecule has 196 valence electrons. The SMILES string of the molecule is Cl.NCCC(=O)NCc1cc(F)c(F)cc1-c1ccc2nc(N)nc(C(=O)N3Cc4ccccc4C3)c2c1. The van der Waals surface area contributed by atoms with Crippen LogP contribution in [0.15, 0.2) is 54.6 Å². The van der Waals surface area contributed by atoms with E-state index in [-0.39, 0.29) is 55.4 Å². The summed E-state index contributed by atoms with van der Waals surface area (Å²) < 4.78 is 28.4. The van der Waals surface area contributed by atoms with Crippen LogP contribution >= 0.6 is 12.4 Å². The molecule has 3 aromatic carbocycles. The Labute approximate surface area is 223 Å². The highest BCUT2D eigenvalue weighted by Gasteiger charge is 2.27. The average Bonchev–Trinajstić information content (AvgIpc) is 3.32. The van der Waals surface area contributed by atoms with Crippen LogP contribution in [-0.2, 0) is 24.4 Å². The number of nitrogens with zero attached hydrogens (tertiary/aromatic N) is 3. The lowest BCUT2D eigenvalue weighted by molar-refractivity contribution is -0.121. The number of aromatic nitrogens is 2. The summed E-state index contributed by atoms with van der Waals surface area (Å²) in [5.41, 5.74) is 15.2. The molecule has 4 aromatic rings. The van der Waals surface area contributed by atoms with Gasteiger partial charge in [0.15, 0.2) is 11.6 Å². The molecule has 5 rings (SSSR count). The minimum Gasteiger partial charge on any atom is -0.368 e. The lowest BCUT2D eigenvalue weighted by Crippen LogP contribution is -2.27. The lowest BCUT2D eigenvalue weighted by Gasteiger charge is -2.17. The number of anilines is 1. The van der Waals surface area contributed by atoms with E-state index in [4.69, 9.17) is 11.5 Å². The Bertz CT molecular complexity index is 1520. The first-order valence-corrected chi connectivity index (χ1v) is 11.7. The first-order chi connectivity index (χ1) is 17.8. The van der Waals surface area contributed by atoms with E-state index in [1.165, 1.54) is 0 Å². The number of nitrogen functional groups attached to an aromatic ring is 1. The van der Waals surface area contributed by atoms with Crippen molar-refractivity contribution in [1.29, 1.82) is 0 Å². The van der Waals surface area contributed by atoms with Gasteiger partial charge in [-0.2, -0.15) is 0 Å². The van der Waals surface area contributed by atoms with Crippen molar-refractivity contribution in [2.45, 2.75) is 26.1 Å². The van der Waals surface area contributed by atoms with Gasteiger partial charge in [0, 0.05) is 38.0 Å². The number of nitrogens with two attached hydrogens (primary N) is 2. The first-order valence-electron chi connectivity index (χ1n) is 11.7. The smallest absolute Gasteiger partial charge is 0.273 e. The van der Waals surface area contributed by atoms with Crippen molar-refractivity contribution in [3.05, 3.63) is 88.6 Å². The molecule has 0 atom stereocenters. The van der Waals surface area contributed by atoms with Gasteiger partial charge in [0.2, 0.25) is 11.9 Å². The van der Waals surface area contributed by atoms with Gasteiger partial charge in [-0.05, 0) is 52.1 Å². The first kappa shape index (κ1) is 26.9. The summed E-state index contributed by atoms with van der Waals surface area (Å²) in [6.07, 6.45) is 0.111. The Kier molecular flexibility index (Phi) is 7.84. The fraction of sp³-hybridized carbons (Fsp3) is 0.185. The Balaban J connectivity index is 0.00000336. The summed E-state index contributed by atoms with van der Waals surface area (Å²) in [6, 6.07) is 14.9. The lowest BCUT2D eigenvalue weighted by atomic mass is 9.97. The molecule has 1 aliphatic heterocycles. The molecule has 0 spiro atoms. The zero-order chi connectivity index (χ0) is 26.1. The van der Waals surface area contributed by atoms with Crippen molar-refractivity contribution in [2.24, 2.45) is 5.73 Å². The van der Waals surface area contributed by atoms with Crippen LogP contribution in [-0.4, -0.2) is 33.2 Å². The summed E-state index contributed by atoms with van der Waals surface area (Å²) in [7, 11) is 0. The second-order valence-electron chi connectivity index (χ2n) is 8.83. The van der Waals surface area contributed by atoms with Crippen LogP contribution in [0.5, 0.6) is 0 Å². The van der Waals surface area contributed by atoms with E-state index in [0.29, 0.717) is 40.7 Å². The third kappa shape index (κ3) is 5.27. The van der Waals surface area contributed by atoms with Crippen molar-refractivity contribution in [2.75, 3.05) is 12.3 Å². The third-order valence-corrected chi connectivity index (χ3v) is 6.35. The van der Waals surface area contributed by atoms with Gasteiger partial charge < -0.3 is 21.7 Å². The minimum absolute atomic E-state index is 0. The molecule has 8 nitrogen and oxygen atoms in total. The molecule has 0 bridgehead atoms. The van der Waals surface area contributed by atoms with E-state index in [1.807, 2.05) is 24.3 Å². The van der Waals surface area contributed by atoms with Crippen molar-refractivity contribution in [3.8, 4) is 11.1 Å². The Hall–Kier alpha value is -4.15. The van der Waals surface area contributed by atoms with Gasteiger partial charge in [-0.3, -0.25) is 9.59 Å². The predicted octanol–water partition coefficient (Wildman–Crippen LogP) is 3.70. The number of benzene rings is 3. The molecular weight excluding hydrogens is 514 g/mol. The van der Waals surface area contributed by atoms with Gasteiger partial charge in [0.25, 0.3) is 5.91 Å². The number of carbonyl (C=O) groups excluding carboxylic acids is 2. The van der Waals surface area contributed by atoms with Gasteiger partial charge in [-0.15, -0.1) is 12.4 Å². The third-order valence-electron chi connectivity index (χ3n) is 6.35. The molecule has 0 saturated heterocycles. The van der Waals surface area contributed by atoms with Crippen LogP contribution in [0.25, 0.3) is 22.0 Å². The highest BCUT2D eigenvalue weighted by Crippen LogP contribution is 2.31. The second-order valence-corrected chi connectivity index (χ2v) is 8.83. The molecule has 0 unspecified atom stereocenters. The summed E-state index contributed by atoms with van der Waals surface area (Å²) in [6.45, 7) is 1.02. The molecule has 5 N–H and O–H groups in total. The molecule has 38 heavy (non-hydrogen) atoms. The molecule has 0 aliphatic carbocycles. The zero-order valence-corrected chi connectivity index (χ0v) is 21.0. The summed E-state index contributed by atoms with van der Waals surface area (Å²) in [5, 5.41) is 3.09. The maximum absolute atomic E-state index is 14.3. The summed E-state index contributed by atoms with van der Waals surface area (Å²) in [5.74, 6) is -2.73. The van der Waals surface area contributed by atoms with Gasteiger partial charge in [0.1, 0.15) is 5.69 Å². The highest BCUT2D eigenvalue weighted by atomic mass is 35.5. The fourth-order valence-electron chi connectivity index (χ4n) is 4.52. The quantitative estimate of drug-likeness (QED) is 0.343. The van der Waals surface area contributed by atoms with E-state index in [1.54, 1.807) is 23.1 Å². The van der Waals surface area contributed by atoms with Crippen LogP contribution in [0.4, 0.5) is 14.7 Å². The second kappa shape index (κ2) is 11.1. The summed E-state index contributed by atoms with van der Waals surface area (Å²) in [4.78, 5) is 35.6. The normalized spacial score (nSPS) is 12.2. The number of hydrogen-bond donors (Lipinski definition) is 3. The zero-order valence-electron chi connectivity index (χ0n) is 20.2. The Morgan fingerprint density at radius 1 is 0.974 bits per heavy atom. The number of fused-ring (bicyclic) bond motifs is 2. The van der Waals surface area contributed by atoms with Gasteiger partial charge in [-0.25, -0.2) is 18.7 Å². The van der Waals surface area contributed by atoms with E-state index < -0.39 is 11.6 Å². The largest absolute Gasteiger partial charge is 0.368 e. The molecule has 2 heterocycles. The number of rotatable bonds is 6. The van der Waals surface area contributed by atoms with Crippen LogP contribution in [0.2, 0.25) is 0 Å². The van der Waals surface area contributed by atoms with Gasteiger partial charge >= 0.3 is 0 Å². The standard InChI is InChI=1S/C27H24F2N6O2.ClH/c28-21-10-18(12-32-24(36)7-8-30)19(11-22(21)29)15-5-6-23-20(9-15)25(34-27(31)33-23)26(37)35-13-16-3-1-2-4-17(16)14-35;/h1-6,9-11H,7-8,12-14,30H2,(H,32,36)(H2,31,33,34);1H. The average molecular weight is 539 g/mol. The Morgan fingerprint density at radius 2 is 1.66 bits per heavy atom. The van der Waals surface area contributed by atoms with Gasteiger partial charge in [0.05, 0.1) is 5.52 Å². The molecule has 0 saturated carbocycles.